The zero-order valence-electron chi connectivity index (χ0n) is 11.4. The molecule has 5 heteroatoms. The number of benzene rings is 2. The van der Waals surface area contributed by atoms with Crippen LogP contribution in [0.25, 0.3) is 10.9 Å². The molecule has 0 aliphatic heterocycles. The number of halogens is 1. The Bertz CT molecular complexity index is 805. The number of nitrogens with one attached hydrogen (secondary N) is 1. The summed E-state index contributed by atoms with van der Waals surface area (Å²) < 4.78 is 5.27. The average Bonchev–Trinajstić information content (AvgIpc) is 2.51. The van der Waals surface area contributed by atoms with Crippen LogP contribution in [0.4, 0.5) is 17.1 Å². The Morgan fingerprint density at radius 1 is 1.19 bits per heavy atom. The molecule has 1 heterocycles. The van der Waals surface area contributed by atoms with Crippen molar-refractivity contribution in [2.45, 2.75) is 0 Å². The topological polar surface area (TPSA) is 60.2 Å². The minimum atomic E-state index is 0.552. The number of hydrogen-bond donors (Lipinski definition) is 2. The molecule has 4 nitrogen and oxygen atoms in total. The van der Waals surface area contributed by atoms with Crippen LogP contribution in [0.15, 0.2) is 48.7 Å². The molecule has 0 fully saturated rings. The standard InChI is InChI=1S/C16H14ClN3O/c1-21-10-6-7-14-11(8-10)16(13(18)9-19-14)20-15-5-3-2-4-12(15)17/h2-9H,18H2,1H3,(H,19,20). The molecule has 0 aliphatic carbocycles. The largest absolute Gasteiger partial charge is 0.497 e. The molecule has 3 N–H and O–H groups in total. The first-order chi connectivity index (χ1) is 10.2. The highest BCUT2D eigenvalue weighted by Gasteiger charge is 2.09. The summed E-state index contributed by atoms with van der Waals surface area (Å²) in [6.45, 7) is 0. The van der Waals surface area contributed by atoms with Crippen LogP contribution in [0.1, 0.15) is 0 Å². The first-order valence-corrected chi connectivity index (χ1v) is 6.80. The van der Waals surface area contributed by atoms with Crippen molar-refractivity contribution < 1.29 is 4.74 Å². The molecule has 2 aromatic carbocycles. The minimum absolute atomic E-state index is 0.552. The molecule has 0 atom stereocenters. The Kier molecular flexibility index (Phi) is 3.54. The van der Waals surface area contributed by atoms with Crippen molar-refractivity contribution in [3.63, 3.8) is 0 Å². The zero-order valence-corrected chi connectivity index (χ0v) is 12.2. The third kappa shape index (κ3) is 2.58. The quantitative estimate of drug-likeness (QED) is 0.760. The predicted molar refractivity (Wildman–Crippen MR) is 87.4 cm³/mol. The summed E-state index contributed by atoms with van der Waals surface area (Å²) in [6, 6.07) is 13.2. The van der Waals surface area contributed by atoms with Crippen molar-refractivity contribution in [2.24, 2.45) is 0 Å². The fraction of sp³-hybridized carbons (Fsp3) is 0.0625. The number of nitrogen functional groups attached to an aromatic ring is 1. The van der Waals surface area contributed by atoms with Gasteiger partial charge in [0.25, 0.3) is 0 Å². The number of anilines is 3. The van der Waals surface area contributed by atoms with Crippen molar-refractivity contribution in [1.29, 1.82) is 0 Å². The number of nitrogens with two attached hydrogens (primary N) is 1. The summed E-state index contributed by atoms with van der Waals surface area (Å²) in [5, 5.41) is 4.80. The van der Waals surface area contributed by atoms with E-state index in [1.54, 1.807) is 13.3 Å². The lowest BCUT2D eigenvalue weighted by molar-refractivity contribution is 0.415. The second-order valence-electron chi connectivity index (χ2n) is 4.58. The molecule has 0 unspecified atom stereocenters. The fourth-order valence-electron chi connectivity index (χ4n) is 2.15. The van der Waals surface area contributed by atoms with Gasteiger partial charge in [-0.2, -0.15) is 0 Å². The minimum Gasteiger partial charge on any atom is -0.497 e. The maximum absolute atomic E-state index is 6.19. The van der Waals surface area contributed by atoms with E-state index in [-0.39, 0.29) is 0 Å². The van der Waals surface area contributed by atoms with Gasteiger partial charge in [-0.25, -0.2) is 0 Å². The van der Waals surface area contributed by atoms with E-state index in [1.165, 1.54) is 0 Å². The monoisotopic (exact) mass is 299 g/mol. The van der Waals surface area contributed by atoms with E-state index in [1.807, 2.05) is 42.5 Å². The molecular weight excluding hydrogens is 286 g/mol. The van der Waals surface area contributed by atoms with Gasteiger partial charge in [-0.15, -0.1) is 0 Å². The smallest absolute Gasteiger partial charge is 0.119 e. The number of rotatable bonds is 3. The van der Waals surface area contributed by atoms with Crippen molar-refractivity contribution in [3.05, 3.63) is 53.7 Å². The molecule has 1 aromatic heterocycles. The van der Waals surface area contributed by atoms with Gasteiger partial charge in [0.05, 0.1) is 40.9 Å². The highest BCUT2D eigenvalue weighted by molar-refractivity contribution is 6.33. The first kappa shape index (κ1) is 13.5. The van der Waals surface area contributed by atoms with E-state index in [2.05, 4.69) is 10.3 Å². The second-order valence-corrected chi connectivity index (χ2v) is 4.98. The summed E-state index contributed by atoms with van der Waals surface area (Å²) in [4.78, 5) is 4.33. The highest BCUT2D eigenvalue weighted by atomic mass is 35.5. The number of nitrogens with zero attached hydrogens (tertiary/aromatic N) is 1. The molecule has 0 aliphatic rings. The predicted octanol–water partition coefficient (Wildman–Crippen LogP) is 4.22. The lowest BCUT2D eigenvalue weighted by atomic mass is 10.1. The number of aromatic nitrogens is 1. The van der Waals surface area contributed by atoms with Gasteiger partial charge in [-0.3, -0.25) is 4.98 Å². The molecule has 106 valence electrons. The second kappa shape index (κ2) is 5.50. The molecule has 3 rings (SSSR count). The Morgan fingerprint density at radius 2 is 2.00 bits per heavy atom. The van der Waals surface area contributed by atoms with Crippen LogP contribution in [0.5, 0.6) is 5.75 Å². The van der Waals surface area contributed by atoms with Crippen molar-refractivity contribution >= 4 is 39.6 Å². The summed E-state index contributed by atoms with van der Waals surface area (Å²) in [6.07, 6.45) is 1.63. The van der Waals surface area contributed by atoms with Crippen LogP contribution in [0.2, 0.25) is 5.02 Å². The molecule has 0 spiro atoms. The summed E-state index contributed by atoms with van der Waals surface area (Å²) in [5.74, 6) is 0.747. The van der Waals surface area contributed by atoms with Crippen molar-refractivity contribution in [3.8, 4) is 5.75 Å². The van der Waals surface area contributed by atoms with E-state index in [0.717, 1.165) is 28.0 Å². The van der Waals surface area contributed by atoms with Crippen LogP contribution in [-0.4, -0.2) is 12.1 Å². The number of para-hydroxylation sites is 1. The molecular formula is C16H14ClN3O. The highest BCUT2D eigenvalue weighted by Crippen LogP contribution is 2.34. The van der Waals surface area contributed by atoms with Gasteiger partial charge < -0.3 is 15.8 Å². The Hall–Kier alpha value is -2.46. The van der Waals surface area contributed by atoms with Crippen LogP contribution >= 0.6 is 11.6 Å². The van der Waals surface area contributed by atoms with Gasteiger partial charge in [-0.1, -0.05) is 23.7 Å². The molecule has 0 saturated carbocycles. The molecule has 0 amide bonds. The summed E-state index contributed by atoms with van der Waals surface area (Å²) in [5.41, 5.74) is 9.01. The zero-order chi connectivity index (χ0) is 14.8. The average molecular weight is 300 g/mol. The van der Waals surface area contributed by atoms with Crippen LogP contribution in [0.3, 0.4) is 0 Å². The van der Waals surface area contributed by atoms with Gasteiger partial charge in [-0.05, 0) is 30.3 Å². The van der Waals surface area contributed by atoms with Gasteiger partial charge >= 0.3 is 0 Å². The van der Waals surface area contributed by atoms with E-state index in [4.69, 9.17) is 22.1 Å². The Labute approximate surface area is 127 Å². The molecule has 21 heavy (non-hydrogen) atoms. The van der Waals surface area contributed by atoms with Gasteiger partial charge in [0.15, 0.2) is 0 Å². The van der Waals surface area contributed by atoms with Gasteiger partial charge in [0.2, 0.25) is 0 Å². The number of hydrogen-bond acceptors (Lipinski definition) is 4. The number of ether oxygens (including phenoxy) is 1. The SMILES string of the molecule is COc1ccc2ncc(N)c(Nc3ccccc3Cl)c2c1. The van der Waals surface area contributed by atoms with E-state index in [9.17, 15) is 0 Å². The third-order valence-corrected chi connectivity index (χ3v) is 3.57. The van der Waals surface area contributed by atoms with Gasteiger partial charge in [0, 0.05) is 5.39 Å². The number of methoxy groups -OCH3 is 1. The maximum Gasteiger partial charge on any atom is 0.119 e. The van der Waals surface area contributed by atoms with Crippen LogP contribution in [-0.2, 0) is 0 Å². The van der Waals surface area contributed by atoms with Crippen LogP contribution in [0, 0.1) is 0 Å². The molecule has 0 radical (unpaired) electrons. The van der Waals surface area contributed by atoms with Gasteiger partial charge in [0.1, 0.15) is 5.75 Å². The normalized spacial score (nSPS) is 10.6. The summed E-state index contributed by atoms with van der Waals surface area (Å²) >= 11 is 6.19. The van der Waals surface area contributed by atoms with Crippen LogP contribution < -0.4 is 15.8 Å². The van der Waals surface area contributed by atoms with E-state index in [0.29, 0.717) is 10.7 Å². The maximum atomic E-state index is 6.19. The number of fused-ring (bicyclic) bond motifs is 1. The first-order valence-electron chi connectivity index (χ1n) is 6.43. The molecule has 0 saturated heterocycles. The lowest BCUT2D eigenvalue weighted by Gasteiger charge is -2.14. The Morgan fingerprint density at radius 3 is 2.76 bits per heavy atom. The molecule has 0 bridgehead atoms. The third-order valence-electron chi connectivity index (χ3n) is 3.24. The van der Waals surface area contributed by atoms with E-state index >= 15 is 0 Å². The molecule has 3 aromatic rings. The van der Waals surface area contributed by atoms with Crippen molar-refractivity contribution in [2.75, 3.05) is 18.2 Å². The number of pyridine rings is 1. The van der Waals surface area contributed by atoms with E-state index < -0.39 is 0 Å². The lowest BCUT2D eigenvalue weighted by Crippen LogP contribution is -1.99. The summed E-state index contributed by atoms with van der Waals surface area (Å²) in [7, 11) is 1.63. The Balaban J connectivity index is 2.16. The van der Waals surface area contributed by atoms with Crippen molar-refractivity contribution in [1.82, 2.24) is 4.98 Å². The fourth-order valence-corrected chi connectivity index (χ4v) is 2.33.